The van der Waals surface area contributed by atoms with E-state index in [2.05, 4.69) is 0 Å². The summed E-state index contributed by atoms with van der Waals surface area (Å²) in [6.45, 7) is 1.78. The molecule has 0 spiro atoms. The van der Waals surface area contributed by atoms with Crippen LogP contribution in [0.5, 0.6) is 0 Å². The van der Waals surface area contributed by atoms with E-state index in [1.54, 1.807) is 24.3 Å². The van der Waals surface area contributed by atoms with Crippen molar-refractivity contribution in [2.45, 2.75) is 25.0 Å². The van der Waals surface area contributed by atoms with Crippen molar-refractivity contribution in [1.82, 2.24) is 4.31 Å². The largest absolute Gasteiger partial charge is 0.465 e. The van der Waals surface area contributed by atoms with Crippen LogP contribution >= 0.6 is 0 Å². The van der Waals surface area contributed by atoms with Gasteiger partial charge in [0.2, 0.25) is 10.0 Å². The Morgan fingerprint density at radius 2 is 2.00 bits per heavy atom. The van der Waals surface area contributed by atoms with Crippen molar-refractivity contribution in [2.75, 3.05) is 7.05 Å². The predicted octanol–water partition coefficient (Wildman–Crippen LogP) is 1.90. The average molecular weight is 295 g/mol. The fourth-order valence-electron chi connectivity index (χ4n) is 1.86. The van der Waals surface area contributed by atoms with Crippen LogP contribution in [0.1, 0.15) is 17.1 Å². The molecule has 0 amide bonds. The fourth-order valence-corrected chi connectivity index (χ4v) is 3.07. The Morgan fingerprint density at radius 3 is 2.60 bits per heavy atom. The van der Waals surface area contributed by atoms with E-state index in [0.717, 1.165) is 5.76 Å². The molecule has 0 aliphatic carbocycles. The molecule has 6 heteroatoms. The van der Waals surface area contributed by atoms with Crippen LogP contribution in [0, 0.1) is 6.92 Å². The van der Waals surface area contributed by atoms with Gasteiger partial charge >= 0.3 is 0 Å². The maximum atomic E-state index is 12.4. The van der Waals surface area contributed by atoms with Gasteiger partial charge in [-0.3, -0.25) is 0 Å². The summed E-state index contributed by atoms with van der Waals surface area (Å²) in [6.07, 6.45) is 0. The molecule has 0 unspecified atom stereocenters. The summed E-state index contributed by atoms with van der Waals surface area (Å²) < 4.78 is 31.4. The third kappa shape index (κ3) is 3.09. The number of nitrogens with zero attached hydrogens (tertiary/aromatic N) is 1. The fraction of sp³-hybridized carbons (Fsp3) is 0.286. The molecule has 1 aromatic heterocycles. The van der Waals surface area contributed by atoms with Crippen LogP contribution in [0.3, 0.4) is 0 Å². The molecule has 20 heavy (non-hydrogen) atoms. The van der Waals surface area contributed by atoms with Crippen molar-refractivity contribution in [1.29, 1.82) is 0 Å². The molecule has 0 bridgehead atoms. The second-order valence-corrected chi connectivity index (χ2v) is 6.62. The number of aliphatic hydroxyl groups is 1. The Labute approximate surface area is 118 Å². The Kier molecular flexibility index (Phi) is 4.27. The average Bonchev–Trinajstić information content (AvgIpc) is 2.84. The molecule has 0 atom stereocenters. The number of furan rings is 1. The van der Waals surface area contributed by atoms with Gasteiger partial charge in [0.15, 0.2) is 0 Å². The van der Waals surface area contributed by atoms with Gasteiger partial charge in [-0.15, -0.1) is 0 Å². The van der Waals surface area contributed by atoms with E-state index < -0.39 is 10.0 Å². The predicted molar refractivity (Wildman–Crippen MR) is 74.5 cm³/mol. The maximum Gasteiger partial charge on any atom is 0.243 e. The zero-order chi connectivity index (χ0) is 14.8. The van der Waals surface area contributed by atoms with Gasteiger partial charge < -0.3 is 9.52 Å². The van der Waals surface area contributed by atoms with Crippen LogP contribution in [-0.4, -0.2) is 24.9 Å². The van der Waals surface area contributed by atoms with Crippen molar-refractivity contribution in [3.05, 3.63) is 53.5 Å². The van der Waals surface area contributed by atoms with Gasteiger partial charge in [-0.1, -0.05) is 12.1 Å². The summed E-state index contributed by atoms with van der Waals surface area (Å²) >= 11 is 0. The molecule has 1 aromatic carbocycles. The van der Waals surface area contributed by atoms with Gasteiger partial charge in [-0.2, -0.15) is 4.31 Å². The number of aryl methyl sites for hydroxylation is 1. The number of rotatable bonds is 5. The second kappa shape index (κ2) is 5.78. The van der Waals surface area contributed by atoms with Crippen LogP contribution in [0.15, 0.2) is 45.7 Å². The maximum absolute atomic E-state index is 12.4. The zero-order valence-corrected chi connectivity index (χ0v) is 12.2. The SMILES string of the molecule is Cc1ccc(CN(C)S(=O)(=O)c2cccc(CO)c2)o1. The van der Waals surface area contributed by atoms with E-state index in [1.165, 1.54) is 23.5 Å². The van der Waals surface area contributed by atoms with Gasteiger partial charge in [0.25, 0.3) is 0 Å². The topological polar surface area (TPSA) is 70.8 Å². The highest BCUT2D eigenvalue weighted by atomic mass is 32.2. The molecule has 0 aliphatic rings. The van der Waals surface area contributed by atoms with E-state index in [1.807, 2.05) is 6.92 Å². The number of aliphatic hydroxyl groups excluding tert-OH is 1. The highest BCUT2D eigenvalue weighted by Gasteiger charge is 2.22. The van der Waals surface area contributed by atoms with Crippen molar-refractivity contribution >= 4 is 10.0 Å². The lowest BCUT2D eigenvalue weighted by molar-refractivity contribution is 0.281. The van der Waals surface area contributed by atoms with E-state index in [-0.39, 0.29) is 18.0 Å². The van der Waals surface area contributed by atoms with Gasteiger partial charge in [-0.05, 0) is 36.8 Å². The highest BCUT2D eigenvalue weighted by molar-refractivity contribution is 7.89. The number of hydrogen-bond acceptors (Lipinski definition) is 4. The van der Waals surface area contributed by atoms with Crippen molar-refractivity contribution in [2.24, 2.45) is 0 Å². The Hall–Kier alpha value is -1.63. The van der Waals surface area contributed by atoms with Crippen LogP contribution in [-0.2, 0) is 23.2 Å². The molecule has 1 N–H and O–H groups in total. The zero-order valence-electron chi connectivity index (χ0n) is 11.4. The molecule has 0 aliphatic heterocycles. The smallest absolute Gasteiger partial charge is 0.243 e. The van der Waals surface area contributed by atoms with Crippen molar-refractivity contribution < 1.29 is 17.9 Å². The highest BCUT2D eigenvalue weighted by Crippen LogP contribution is 2.19. The molecule has 0 saturated carbocycles. The summed E-state index contributed by atoms with van der Waals surface area (Å²) in [6, 6.07) is 9.82. The van der Waals surface area contributed by atoms with E-state index in [9.17, 15) is 8.42 Å². The Bertz CT molecular complexity index is 691. The van der Waals surface area contributed by atoms with Gasteiger partial charge in [0.1, 0.15) is 11.5 Å². The minimum atomic E-state index is -3.60. The molecule has 1 heterocycles. The first kappa shape index (κ1) is 14.8. The van der Waals surface area contributed by atoms with E-state index >= 15 is 0 Å². The van der Waals surface area contributed by atoms with Gasteiger partial charge in [0, 0.05) is 7.05 Å². The third-order valence-electron chi connectivity index (χ3n) is 2.96. The van der Waals surface area contributed by atoms with Crippen LogP contribution in [0.4, 0.5) is 0 Å². The van der Waals surface area contributed by atoms with Crippen molar-refractivity contribution in [3.8, 4) is 0 Å². The summed E-state index contributed by atoms with van der Waals surface area (Å²) in [5.41, 5.74) is 0.563. The molecule has 0 fully saturated rings. The third-order valence-corrected chi connectivity index (χ3v) is 4.76. The minimum Gasteiger partial charge on any atom is -0.465 e. The van der Waals surface area contributed by atoms with E-state index in [0.29, 0.717) is 11.3 Å². The quantitative estimate of drug-likeness (QED) is 0.914. The summed E-state index contributed by atoms with van der Waals surface area (Å²) in [5.74, 6) is 1.33. The first-order chi connectivity index (χ1) is 9.43. The normalized spacial score (nSPS) is 12.0. The summed E-state index contributed by atoms with van der Waals surface area (Å²) in [4.78, 5) is 0.162. The minimum absolute atomic E-state index is 0.162. The van der Waals surface area contributed by atoms with Crippen LogP contribution in [0.2, 0.25) is 0 Å². The van der Waals surface area contributed by atoms with E-state index in [4.69, 9.17) is 9.52 Å². The molecule has 108 valence electrons. The lowest BCUT2D eigenvalue weighted by Gasteiger charge is -2.16. The first-order valence-electron chi connectivity index (χ1n) is 6.15. The van der Waals surface area contributed by atoms with Crippen LogP contribution < -0.4 is 0 Å². The van der Waals surface area contributed by atoms with Gasteiger partial charge in [0.05, 0.1) is 18.0 Å². The molecule has 2 rings (SSSR count). The Morgan fingerprint density at radius 1 is 1.25 bits per heavy atom. The second-order valence-electron chi connectivity index (χ2n) is 4.58. The molecular formula is C14H17NO4S. The lowest BCUT2D eigenvalue weighted by Crippen LogP contribution is -2.26. The molecular weight excluding hydrogens is 278 g/mol. The standard InChI is InChI=1S/C14H17NO4S/c1-11-6-7-13(19-11)9-15(2)20(17,18)14-5-3-4-12(8-14)10-16/h3-8,16H,9-10H2,1-2H3. The number of sulfonamides is 1. The molecule has 0 radical (unpaired) electrons. The molecule has 0 saturated heterocycles. The monoisotopic (exact) mass is 295 g/mol. The summed E-state index contributed by atoms with van der Waals surface area (Å²) in [7, 11) is -2.10. The summed E-state index contributed by atoms with van der Waals surface area (Å²) in [5, 5.41) is 9.08. The first-order valence-corrected chi connectivity index (χ1v) is 7.59. The lowest BCUT2D eigenvalue weighted by atomic mass is 10.2. The molecule has 5 nitrogen and oxygen atoms in total. The van der Waals surface area contributed by atoms with Crippen LogP contribution in [0.25, 0.3) is 0 Å². The Balaban J connectivity index is 2.24. The molecule has 2 aromatic rings. The number of benzene rings is 1. The van der Waals surface area contributed by atoms with Crippen molar-refractivity contribution in [3.63, 3.8) is 0 Å². The van der Waals surface area contributed by atoms with Gasteiger partial charge in [-0.25, -0.2) is 8.42 Å². The number of hydrogen-bond donors (Lipinski definition) is 1.